The Morgan fingerprint density at radius 1 is 1.24 bits per heavy atom. The molecule has 0 saturated heterocycles. The van der Waals surface area contributed by atoms with Crippen molar-refractivity contribution in [1.29, 1.82) is 0 Å². The Hall–Kier alpha value is -0.130. The van der Waals surface area contributed by atoms with Crippen LogP contribution in [0.2, 0.25) is 0 Å². The first kappa shape index (κ1) is 14.9. The number of nitrogens with one attached hydrogen (secondary N) is 1. The average Bonchev–Trinajstić information content (AvgIpc) is 2.29. The standard InChI is InChI=1S/C12H26N2O2S/c1-10(2)12(8-9-13)14-17(15,16)11-6-4-3-5-7-11/h10-12,14H,3-9,13H2,1-2H3. The second-order valence-electron chi connectivity index (χ2n) is 5.35. The third kappa shape index (κ3) is 4.56. The molecule has 0 amide bonds. The summed E-state index contributed by atoms with van der Waals surface area (Å²) < 4.78 is 27.3. The molecule has 0 aromatic heterocycles. The van der Waals surface area contributed by atoms with Crippen molar-refractivity contribution in [1.82, 2.24) is 4.72 Å². The predicted octanol–water partition coefficient (Wildman–Crippen LogP) is 1.61. The molecule has 3 N–H and O–H groups in total. The van der Waals surface area contributed by atoms with Crippen molar-refractivity contribution in [3.63, 3.8) is 0 Å². The molecular weight excluding hydrogens is 236 g/mol. The number of sulfonamides is 1. The topological polar surface area (TPSA) is 72.2 Å². The molecule has 1 aliphatic carbocycles. The van der Waals surface area contributed by atoms with Crippen LogP contribution in [0.4, 0.5) is 0 Å². The van der Waals surface area contributed by atoms with E-state index in [0.717, 1.165) is 25.7 Å². The Labute approximate surface area is 105 Å². The smallest absolute Gasteiger partial charge is 0.214 e. The van der Waals surface area contributed by atoms with Crippen LogP contribution in [0.3, 0.4) is 0 Å². The van der Waals surface area contributed by atoms with Crippen molar-refractivity contribution in [2.24, 2.45) is 11.7 Å². The van der Waals surface area contributed by atoms with Gasteiger partial charge in [0.25, 0.3) is 0 Å². The summed E-state index contributed by atoms with van der Waals surface area (Å²) in [5.41, 5.74) is 5.53. The summed E-state index contributed by atoms with van der Waals surface area (Å²) in [6, 6.07) is -0.0214. The SMILES string of the molecule is CC(C)C(CCN)NS(=O)(=O)C1CCCCC1. The van der Waals surface area contributed by atoms with E-state index in [1.54, 1.807) is 0 Å². The molecular formula is C12H26N2O2S. The van der Waals surface area contributed by atoms with Crippen molar-refractivity contribution in [3.05, 3.63) is 0 Å². The van der Waals surface area contributed by atoms with Crippen LogP contribution in [0.5, 0.6) is 0 Å². The first-order valence-electron chi connectivity index (χ1n) is 6.68. The summed E-state index contributed by atoms with van der Waals surface area (Å²) in [5.74, 6) is 0.289. The highest BCUT2D eigenvalue weighted by molar-refractivity contribution is 7.90. The lowest BCUT2D eigenvalue weighted by Gasteiger charge is -2.27. The minimum absolute atomic E-state index is 0.0214. The van der Waals surface area contributed by atoms with Gasteiger partial charge in [0.15, 0.2) is 0 Å². The first-order valence-corrected chi connectivity index (χ1v) is 8.23. The number of rotatable bonds is 6. The summed E-state index contributed by atoms with van der Waals surface area (Å²) >= 11 is 0. The van der Waals surface area contributed by atoms with Gasteiger partial charge in [0.1, 0.15) is 0 Å². The van der Waals surface area contributed by atoms with Crippen molar-refractivity contribution in [2.75, 3.05) is 6.54 Å². The molecule has 1 fully saturated rings. The lowest BCUT2D eigenvalue weighted by atomic mass is 10.0. The van der Waals surface area contributed by atoms with E-state index in [0.29, 0.717) is 13.0 Å². The van der Waals surface area contributed by atoms with Crippen molar-refractivity contribution in [2.45, 2.75) is 63.7 Å². The summed E-state index contributed by atoms with van der Waals surface area (Å²) in [6.07, 6.45) is 5.57. The van der Waals surface area contributed by atoms with Crippen molar-refractivity contribution >= 4 is 10.0 Å². The van der Waals surface area contributed by atoms with Gasteiger partial charge in [0.2, 0.25) is 10.0 Å². The van der Waals surface area contributed by atoms with Gasteiger partial charge in [-0.2, -0.15) is 0 Å². The van der Waals surface area contributed by atoms with Gasteiger partial charge in [-0.25, -0.2) is 13.1 Å². The highest BCUT2D eigenvalue weighted by atomic mass is 32.2. The fourth-order valence-corrected chi connectivity index (χ4v) is 4.35. The van der Waals surface area contributed by atoms with Gasteiger partial charge < -0.3 is 5.73 Å². The zero-order chi connectivity index (χ0) is 12.9. The third-order valence-corrected chi connectivity index (χ3v) is 5.57. The van der Waals surface area contributed by atoms with Crippen LogP contribution in [-0.4, -0.2) is 26.3 Å². The molecule has 1 rings (SSSR count). The first-order chi connectivity index (χ1) is 7.97. The molecule has 1 unspecified atom stereocenters. The van der Waals surface area contributed by atoms with E-state index in [1.807, 2.05) is 13.8 Å². The maximum atomic E-state index is 12.2. The minimum atomic E-state index is -3.16. The molecule has 0 spiro atoms. The molecule has 1 atom stereocenters. The van der Waals surface area contributed by atoms with E-state index < -0.39 is 10.0 Å². The Bertz CT molecular complexity index is 308. The minimum Gasteiger partial charge on any atom is -0.330 e. The fraction of sp³-hybridized carbons (Fsp3) is 1.00. The molecule has 1 aliphatic rings. The molecule has 5 heteroatoms. The molecule has 0 heterocycles. The summed E-state index contributed by atoms with van der Waals surface area (Å²) in [6.45, 7) is 4.59. The number of hydrogen-bond donors (Lipinski definition) is 2. The van der Waals surface area contributed by atoms with Crippen LogP contribution in [0.25, 0.3) is 0 Å². The molecule has 0 aliphatic heterocycles. The molecule has 0 aromatic rings. The van der Waals surface area contributed by atoms with Crippen LogP contribution in [-0.2, 0) is 10.0 Å². The van der Waals surface area contributed by atoms with Crippen LogP contribution in [0, 0.1) is 5.92 Å². The highest BCUT2D eigenvalue weighted by Gasteiger charge is 2.29. The lowest BCUT2D eigenvalue weighted by molar-refractivity contribution is 0.415. The summed E-state index contributed by atoms with van der Waals surface area (Å²) in [7, 11) is -3.16. The largest absolute Gasteiger partial charge is 0.330 e. The molecule has 0 radical (unpaired) electrons. The van der Waals surface area contributed by atoms with Crippen molar-refractivity contribution in [3.8, 4) is 0 Å². The molecule has 4 nitrogen and oxygen atoms in total. The van der Waals surface area contributed by atoms with Gasteiger partial charge in [-0.05, 0) is 31.7 Å². The zero-order valence-corrected chi connectivity index (χ0v) is 11.8. The molecule has 0 aromatic carbocycles. The van der Waals surface area contributed by atoms with Gasteiger partial charge >= 0.3 is 0 Å². The van der Waals surface area contributed by atoms with Gasteiger partial charge in [0.05, 0.1) is 5.25 Å². The van der Waals surface area contributed by atoms with E-state index in [-0.39, 0.29) is 17.2 Å². The number of hydrogen-bond acceptors (Lipinski definition) is 3. The van der Waals surface area contributed by atoms with Crippen molar-refractivity contribution < 1.29 is 8.42 Å². The molecule has 1 saturated carbocycles. The normalized spacial score (nSPS) is 20.7. The molecule has 0 bridgehead atoms. The van der Waals surface area contributed by atoms with E-state index in [4.69, 9.17) is 5.73 Å². The fourth-order valence-electron chi connectivity index (χ4n) is 2.39. The monoisotopic (exact) mass is 262 g/mol. The second-order valence-corrected chi connectivity index (χ2v) is 7.34. The highest BCUT2D eigenvalue weighted by Crippen LogP contribution is 2.24. The molecule has 17 heavy (non-hydrogen) atoms. The van der Waals surface area contributed by atoms with E-state index >= 15 is 0 Å². The quantitative estimate of drug-likeness (QED) is 0.764. The maximum Gasteiger partial charge on any atom is 0.214 e. The summed E-state index contributed by atoms with van der Waals surface area (Å²) in [4.78, 5) is 0. The Kier molecular flexibility index (Phi) is 5.89. The summed E-state index contributed by atoms with van der Waals surface area (Å²) in [5, 5.41) is -0.185. The zero-order valence-electron chi connectivity index (χ0n) is 11.0. The average molecular weight is 262 g/mol. The van der Waals surface area contributed by atoms with Gasteiger partial charge in [-0.15, -0.1) is 0 Å². The van der Waals surface area contributed by atoms with Crippen LogP contribution < -0.4 is 10.5 Å². The molecule has 102 valence electrons. The van der Waals surface area contributed by atoms with E-state index in [9.17, 15) is 8.42 Å². The Morgan fingerprint density at radius 3 is 2.29 bits per heavy atom. The predicted molar refractivity (Wildman–Crippen MR) is 71.2 cm³/mol. The van der Waals surface area contributed by atoms with Gasteiger partial charge in [-0.1, -0.05) is 33.1 Å². The maximum absolute atomic E-state index is 12.2. The van der Waals surface area contributed by atoms with E-state index in [1.165, 1.54) is 6.42 Å². The third-order valence-electron chi connectivity index (χ3n) is 3.59. The van der Waals surface area contributed by atoms with Crippen LogP contribution in [0.1, 0.15) is 52.4 Å². The van der Waals surface area contributed by atoms with Crippen LogP contribution >= 0.6 is 0 Å². The number of nitrogens with two attached hydrogens (primary N) is 1. The van der Waals surface area contributed by atoms with Gasteiger partial charge in [-0.3, -0.25) is 0 Å². The Morgan fingerprint density at radius 2 is 1.82 bits per heavy atom. The Balaban J connectivity index is 2.62. The van der Waals surface area contributed by atoms with Gasteiger partial charge in [0, 0.05) is 6.04 Å². The lowest BCUT2D eigenvalue weighted by Crippen LogP contribution is -2.44. The second kappa shape index (κ2) is 6.71. The van der Waals surface area contributed by atoms with Crippen LogP contribution in [0.15, 0.2) is 0 Å². The van der Waals surface area contributed by atoms with E-state index in [2.05, 4.69) is 4.72 Å².